The Bertz CT molecular complexity index is 861. The average molecular weight is 342 g/mol. The van der Waals surface area contributed by atoms with Crippen LogP contribution in [-0.2, 0) is 6.42 Å². The number of nitrogens with zero attached hydrogens (tertiary/aromatic N) is 2. The van der Waals surface area contributed by atoms with E-state index in [1.807, 2.05) is 31.2 Å². The molecular formula is C18H16ClN3O2. The van der Waals surface area contributed by atoms with Gasteiger partial charge in [0.1, 0.15) is 0 Å². The van der Waals surface area contributed by atoms with E-state index in [2.05, 4.69) is 15.5 Å². The second kappa shape index (κ2) is 7.27. The maximum atomic E-state index is 12.1. The van der Waals surface area contributed by atoms with E-state index >= 15 is 0 Å². The predicted molar refractivity (Wildman–Crippen MR) is 92.0 cm³/mol. The molecule has 1 aromatic heterocycles. The van der Waals surface area contributed by atoms with Crippen LogP contribution in [0.3, 0.4) is 0 Å². The topological polar surface area (TPSA) is 68.0 Å². The Morgan fingerprint density at radius 2 is 2.04 bits per heavy atom. The summed E-state index contributed by atoms with van der Waals surface area (Å²) in [5, 5.41) is 7.20. The van der Waals surface area contributed by atoms with Crippen molar-refractivity contribution in [2.24, 2.45) is 0 Å². The molecule has 0 saturated heterocycles. The van der Waals surface area contributed by atoms with E-state index < -0.39 is 0 Å². The third-order valence-corrected chi connectivity index (χ3v) is 3.82. The molecule has 0 fully saturated rings. The molecule has 0 aliphatic rings. The highest BCUT2D eigenvalue weighted by molar-refractivity contribution is 6.33. The Morgan fingerprint density at radius 3 is 2.83 bits per heavy atom. The van der Waals surface area contributed by atoms with Crippen LogP contribution in [0.1, 0.15) is 21.8 Å². The molecule has 0 aliphatic carbocycles. The molecule has 6 heteroatoms. The van der Waals surface area contributed by atoms with Gasteiger partial charge in [0.15, 0.2) is 0 Å². The molecule has 0 bridgehead atoms. The van der Waals surface area contributed by atoms with Gasteiger partial charge in [-0.1, -0.05) is 52.7 Å². The molecule has 3 aromatic rings. The van der Waals surface area contributed by atoms with E-state index in [1.165, 1.54) is 0 Å². The van der Waals surface area contributed by atoms with Gasteiger partial charge in [-0.2, -0.15) is 4.98 Å². The molecule has 1 N–H and O–H groups in total. The number of hydrogen-bond donors (Lipinski definition) is 1. The number of halogens is 1. The van der Waals surface area contributed by atoms with Gasteiger partial charge in [-0.05, 0) is 25.1 Å². The van der Waals surface area contributed by atoms with Gasteiger partial charge in [0.2, 0.25) is 11.7 Å². The second-order valence-corrected chi connectivity index (χ2v) is 5.77. The van der Waals surface area contributed by atoms with Crippen molar-refractivity contribution >= 4 is 17.5 Å². The van der Waals surface area contributed by atoms with Crippen LogP contribution in [0, 0.1) is 6.92 Å². The molecule has 0 spiro atoms. The average Bonchev–Trinajstić information content (AvgIpc) is 3.04. The Kier molecular flexibility index (Phi) is 4.91. The number of aryl methyl sites for hydroxylation is 1. The molecule has 0 atom stereocenters. The van der Waals surface area contributed by atoms with Crippen molar-refractivity contribution in [2.45, 2.75) is 13.3 Å². The summed E-state index contributed by atoms with van der Waals surface area (Å²) in [6.07, 6.45) is 0.453. The monoisotopic (exact) mass is 341 g/mol. The van der Waals surface area contributed by atoms with Gasteiger partial charge in [0.25, 0.3) is 5.91 Å². The van der Waals surface area contributed by atoms with Crippen molar-refractivity contribution in [1.29, 1.82) is 0 Å². The van der Waals surface area contributed by atoms with Crippen LogP contribution in [0.2, 0.25) is 5.02 Å². The van der Waals surface area contributed by atoms with Gasteiger partial charge in [0, 0.05) is 18.5 Å². The molecule has 1 amide bonds. The highest BCUT2D eigenvalue weighted by Crippen LogP contribution is 2.17. The van der Waals surface area contributed by atoms with Crippen molar-refractivity contribution in [3.63, 3.8) is 0 Å². The minimum Gasteiger partial charge on any atom is -0.351 e. The maximum absolute atomic E-state index is 12.1. The van der Waals surface area contributed by atoms with E-state index in [9.17, 15) is 4.79 Å². The molecule has 5 nitrogen and oxygen atoms in total. The summed E-state index contributed by atoms with van der Waals surface area (Å²) in [5.74, 6) is 0.802. The Labute approximate surface area is 144 Å². The lowest BCUT2D eigenvalue weighted by molar-refractivity contribution is 0.0953. The van der Waals surface area contributed by atoms with Crippen molar-refractivity contribution in [3.05, 3.63) is 70.6 Å². The SMILES string of the molecule is Cc1cccc(-c2noc(CCNC(=O)c3ccccc3Cl)n2)c1. The van der Waals surface area contributed by atoms with Crippen LogP contribution in [0.15, 0.2) is 53.1 Å². The Balaban J connectivity index is 1.58. The summed E-state index contributed by atoms with van der Waals surface area (Å²) in [4.78, 5) is 16.4. The first-order valence-corrected chi connectivity index (χ1v) is 7.93. The number of amides is 1. The van der Waals surface area contributed by atoms with Gasteiger partial charge in [-0.3, -0.25) is 4.79 Å². The number of carbonyl (C=O) groups is 1. The molecule has 0 saturated carbocycles. The fraction of sp³-hybridized carbons (Fsp3) is 0.167. The van der Waals surface area contributed by atoms with Gasteiger partial charge < -0.3 is 9.84 Å². The lowest BCUT2D eigenvalue weighted by atomic mass is 10.1. The molecule has 2 aromatic carbocycles. The molecule has 0 radical (unpaired) electrons. The normalized spacial score (nSPS) is 10.6. The van der Waals surface area contributed by atoms with Crippen LogP contribution < -0.4 is 5.32 Å². The number of aromatic nitrogens is 2. The molecule has 122 valence electrons. The number of benzene rings is 2. The summed E-state index contributed by atoms with van der Waals surface area (Å²) < 4.78 is 5.23. The Hall–Kier alpha value is -2.66. The fourth-order valence-corrected chi connectivity index (χ4v) is 2.50. The van der Waals surface area contributed by atoms with Crippen LogP contribution in [0.4, 0.5) is 0 Å². The minimum atomic E-state index is -0.223. The van der Waals surface area contributed by atoms with Crippen LogP contribution in [0.25, 0.3) is 11.4 Å². The number of nitrogens with one attached hydrogen (secondary N) is 1. The van der Waals surface area contributed by atoms with E-state index in [-0.39, 0.29) is 5.91 Å². The third-order valence-electron chi connectivity index (χ3n) is 3.49. The predicted octanol–water partition coefficient (Wildman–Crippen LogP) is 3.67. The molecular weight excluding hydrogens is 326 g/mol. The number of carbonyl (C=O) groups excluding carboxylic acids is 1. The standard InChI is InChI=1S/C18H16ClN3O2/c1-12-5-4-6-13(11-12)17-21-16(24-22-17)9-10-20-18(23)14-7-2-3-8-15(14)19/h2-8,11H,9-10H2,1H3,(H,20,23). The van der Waals surface area contributed by atoms with Gasteiger partial charge >= 0.3 is 0 Å². The minimum absolute atomic E-state index is 0.223. The zero-order valence-corrected chi connectivity index (χ0v) is 13.9. The summed E-state index contributed by atoms with van der Waals surface area (Å²) in [5.41, 5.74) is 2.49. The van der Waals surface area contributed by atoms with E-state index in [0.717, 1.165) is 11.1 Å². The summed E-state index contributed by atoms with van der Waals surface area (Å²) >= 11 is 6.00. The largest absolute Gasteiger partial charge is 0.351 e. The van der Waals surface area contributed by atoms with Crippen molar-refractivity contribution in [3.8, 4) is 11.4 Å². The van der Waals surface area contributed by atoms with Gasteiger partial charge in [-0.25, -0.2) is 0 Å². The molecule has 1 heterocycles. The third kappa shape index (κ3) is 3.81. The second-order valence-electron chi connectivity index (χ2n) is 5.37. The summed E-state index contributed by atoms with van der Waals surface area (Å²) in [7, 11) is 0. The molecule has 24 heavy (non-hydrogen) atoms. The number of hydrogen-bond acceptors (Lipinski definition) is 4. The Morgan fingerprint density at radius 1 is 1.21 bits per heavy atom. The first-order valence-electron chi connectivity index (χ1n) is 7.56. The summed E-state index contributed by atoms with van der Waals surface area (Å²) in [6, 6.07) is 14.8. The zero-order valence-electron chi connectivity index (χ0n) is 13.1. The van der Waals surface area contributed by atoms with E-state index in [0.29, 0.717) is 35.3 Å². The highest BCUT2D eigenvalue weighted by atomic mass is 35.5. The lowest BCUT2D eigenvalue weighted by Crippen LogP contribution is -2.26. The van der Waals surface area contributed by atoms with E-state index in [4.69, 9.17) is 16.1 Å². The van der Waals surface area contributed by atoms with Crippen molar-refractivity contribution in [2.75, 3.05) is 6.54 Å². The van der Waals surface area contributed by atoms with Crippen LogP contribution in [-0.4, -0.2) is 22.6 Å². The maximum Gasteiger partial charge on any atom is 0.252 e. The van der Waals surface area contributed by atoms with Crippen LogP contribution >= 0.6 is 11.6 Å². The smallest absolute Gasteiger partial charge is 0.252 e. The highest BCUT2D eigenvalue weighted by Gasteiger charge is 2.11. The molecule has 0 unspecified atom stereocenters. The van der Waals surface area contributed by atoms with Crippen molar-refractivity contribution in [1.82, 2.24) is 15.5 Å². The van der Waals surface area contributed by atoms with Crippen LogP contribution in [0.5, 0.6) is 0 Å². The van der Waals surface area contributed by atoms with E-state index in [1.54, 1.807) is 24.3 Å². The van der Waals surface area contributed by atoms with Gasteiger partial charge in [0.05, 0.1) is 10.6 Å². The molecule has 3 rings (SSSR count). The van der Waals surface area contributed by atoms with Crippen molar-refractivity contribution < 1.29 is 9.32 Å². The lowest BCUT2D eigenvalue weighted by Gasteiger charge is -2.04. The quantitative estimate of drug-likeness (QED) is 0.768. The first kappa shape index (κ1) is 16.2. The first-order chi connectivity index (χ1) is 11.6. The van der Waals surface area contributed by atoms with Gasteiger partial charge in [-0.15, -0.1) is 0 Å². The number of rotatable bonds is 5. The molecule has 0 aliphatic heterocycles. The zero-order chi connectivity index (χ0) is 16.9. The fourth-order valence-electron chi connectivity index (χ4n) is 2.28. The summed E-state index contributed by atoms with van der Waals surface area (Å²) in [6.45, 7) is 2.40.